The van der Waals surface area contributed by atoms with Crippen LogP contribution in [0, 0.1) is 11.3 Å². The highest BCUT2D eigenvalue weighted by molar-refractivity contribution is 7.18. The van der Waals surface area contributed by atoms with Gasteiger partial charge in [-0.15, -0.1) is 11.3 Å². The first-order chi connectivity index (χ1) is 8.19. The third-order valence-electron chi connectivity index (χ3n) is 3.22. The first kappa shape index (κ1) is 11.9. The molecule has 17 heavy (non-hydrogen) atoms. The number of hydrogen-bond acceptors (Lipinski definition) is 5. The van der Waals surface area contributed by atoms with Crippen LogP contribution in [0.4, 0.5) is 5.00 Å². The first-order valence-corrected chi connectivity index (χ1v) is 6.41. The lowest BCUT2D eigenvalue weighted by Crippen LogP contribution is -2.05. The summed E-state index contributed by atoms with van der Waals surface area (Å²) < 4.78 is 4.76. The average Bonchev–Trinajstić information content (AvgIpc) is 2.94. The van der Waals surface area contributed by atoms with Crippen LogP contribution in [-0.2, 0) is 4.74 Å². The van der Waals surface area contributed by atoms with E-state index in [2.05, 4.69) is 6.07 Å². The normalized spacial score (nSPS) is 15.8. The van der Waals surface area contributed by atoms with Gasteiger partial charge in [-0.05, 0) is 18.8 Å². The Morgan fingerprint density at radius 1 is 1.53 bits per heavy atom. The van der Waals surface area contributed by atoms with Crippen molar-refractivity contribution in [1.29, 1.82) is 5.26 Å². The molecule has 2 rings (SSSR count). The number of nitriles is 1. The third-order valence-corrected chi connectivity index (χ3v) is 4.23. The van der Waals surface area contributed by atoms with Gasteiger partial charge in [0.15, 0.2) is 0 Å². The van der Waals surface area contributed by atoms with E-state index in [0.29, 0.717) is 15.4 Å². The van der Waals surface area contributed by atoms with Gasteiger partial charge in [0.05, 0.1) is 12.7 Å². The van der Waals surface area contributed by atoms with Gasteiger partial charge in [-0.3, -0.25) is 0 Å². The van der Waals surface area contributed by atoms with Crippen LogP contribution < -0.4 is 5.73 Å². The molecule has 0 unspecified atom stereocenters. The van der Waals surface area contributed by atoms with Gasteiger partial charge in [0.2, 0.25) is 0 Å². The summed E-state index contributed by atoms with van der Waals surface area (Å²) in [6, 6.07) is 2.12. The number of ether oxygens (including phenoxy) is 1. The van der Waals surface area contributed by atoms with E-state index in [9.17, 15) is 4.79 Å². The first-order valence-electron chi connectivity index (χ1n) is 5.59. The monoisotopic (exact) mass is 250 g/mol. The van der Waals surface area contributed by atoms with Crippen LogP contribution in [0.1, 0.15) is 52.4 Å². The van der Waals surface area contributed by atoms with Crippen LogP contribution in [0.25, 0.3) is 0 Å². The van der Waals surface area contributed by atoms with Gasteiger partial charge in [0.25, 0.3) is 0 Å². The van der Waals surface area contributed by atoms with Crippen LogP contribution in [-0.4, -0.2) is 13.1 Å². The van der Waals surface area contributed by atoms with Gasteiger partial charge < -0.3 is 10.5 Å². The van der Waals surface area contributed by atoms with Gasteiger partial charge >= 0.3 is 5.97 Å². The lowest BCUT2D eigenvalue weighted by molar-refractivity contribution is 0.0604. The summed E-state index contributed by atoms with van der Waals surface area (Å²) in [7, 11) is 1.35. The molecule has 1 aromatic rings. The van der Waals surface area contributed by atoms with Gasteiger partial charge in [-0.2, -0.15) is 5.26 Å². The molecule has 0 aliphatic heterocycles. The Hall–Kier alpha value is -1.54. The number of rotatable bonds is 2. The summed E-state index contributed by atoms with van der Waals surface area (Å²) in [5, 5.41) is 9.58. The number of hydrogen-bond donors (Lipinski definition) is 1. The predicted molar refractivity (Wildman–Crippen MR) is 66.0 cm³/mol. The van der Waals surface area contributed by atoms with Gasteiger partial charge in [0, 0.05) is 5.56 Å². The Labute approximate surface area is 104 Å². The Balaban J connectivity index is 2.52. The Morgan fingerprint density at radius 2 is 2.18 bits per heavy atom. The summed E-state index contributed by atoms with van der Waals surface area (Å²) in [4.78, 5) is 12.2. The molecule has 0 bridgehead atoms. The fourth-order valence-corrected chi connectivity index (χ4v) is 3.45. The standard InChI is InChI=1S/C12H14N2O2S/c1-16-12(15)10-9(7-4-2-3-5-7)8(6-13)11(14)17-10/h7H,2-5,14H2,1H3. The molecule has 0 radical (unpaired) electrons. The molecule has 0 spiro atoms. The second-order valence-corrected chi connectivity index (χ2v) is 5.22. The number of thiophene rings is 1. The van der Waals surface area contributed by atoms with E-state index in [4.69, 9.17) is 15.7 Å². The number of esters is 1. The maximum Gasteiger partial charge on any atom is 0.348 e. The minimum absolute atomic E-state index is 0.285. The second kappa shape index (κ2) is 4.76. The number of nitrogens with zero attached hydrogens (tertiary/aromatic N) is 1. The Bertz CT molecular complexity index is 481. The summed E-state index contributed by atoms with van der Waals surface area (Å²) >= 11 is 1.17. The lowest BCUT2D eigenvalue weighted by atomic mass is 9.94. The van der Waals surface area contributed by atoms with Crippen molar-refractivity contribution in [2.24, 2.45) is 0 Å². The summed E-state index contributed by atoms with van der Waals surface area (Å²) in [6.45, 7) is 0. The average molecular weight is 250 g/mol. The molecular weight excluding hydrogens is 236 g/mol. The number of nitrogen functional groups attached to an aromatic ring is 1. The fraction of sp³-hybridized carbons (Fsp3) is 0.500. The molecule has 1 aliphatic rings. The second-order valence-electron chi connectivity index (χ2n) is 4.17. The molecule has 0 atom stereocenters. The molecule has 1 aromatic heterocycles. The highest BCUT2D eigenvalue weighted by Crippen LogP contribution is 2.43. The molecule has 0 aromatic carbocycles. The molecule has 90 valence electrons. The van der Waals surface area contributed by atoms with E-state index in [1.54, 1.807) is 0 Å². The van der Waals surface area contributed by atoms with Crippen molar-refractivity contribution in [1.82, 2.24) is 0 Å². The summed E-state index contributed by atoms with van der Waals surface area (Å²) in [5.41, 5.74) is 7.09. The maximum atomic E-state index is 11.7. The number of nitrogens with two attached hydrogens (primary N) is 1. The van der Waals surface area contributed by atoms with E-state index in [1.165, 1.54) is 18.4 Å². The maximum absolute atomic E-state index is 11.7. The zero-order valence-corrected chi connectivity index (χ0v) is 10.5. The quantitative estimate of drug-likeness (QED) is 0.819. The summed E-state index contributed by atoms with van der Waals surface area (Å²) in [5.74, 6) is -0.0996. The molecule has 2 N–H and O–H groups in total. The van der Waals surface area contributed by atoms with E-state index in [-0.39, 0.29) is 11.9 Å². The van der Waals surface area contributed by atoms with Gasteiger partial charge in [-0.1, -0.05) is 12.8 Å². The molecule has 4 nitrogen and oxygen atoms in total. The van der Waals surface area contributed by atoms with Crippen LogP contribution in [0.2, 0.25) is 0 Å². The molecular formula is C12H14N2O2S. The van der Waals surface area contributed by atoms with Crippen molar-refractivity contribution in [2.75, 3.05) is 12.8 Å². The SMILES string of the molecule is COC(=O)c1sc(N)c(C#N)c1C1CCCC1. The van der Waals surface area contributed by atoms with E-state index >= 15 is 0 Å². The lowest BCUT2D eigenvalue weighted by Gasteiger charge is -2.10. The minimum Gasteiger partial charge on any atom is -0.465 e. The van der Waals surface area contributed by atoms with Crippen molar-refractivity contribution >= 4 is 22.3 Å². The number of methoxy groups -OCH3 is 1. The molecule has 1 aliphatic carbocycles. The van der Waals surface area contributed by atoms with Crippen LogP contribution in [0.5, 0.6) is 0 Å². The van der Waals surface area contributed by atoms with Crippen LogP contribution in [0.3, 0.4) is 0 Å². The van der Waals surface area contributed by atoms with E-state index < -0.39 is 0 Å². The Kier molecular flexibility index (Phi) is 3.34. The van der Waals surface area contributed by atoms with Crippen molar-refractivity contribution in [3.8, 4) is 6.07 Å². The number of anilines is 1. The van der Waals surface area contributed by atoms with Crippen LogP contribution >= 0.6 is 11.3 Å². The fourth-order valence-electron chi connectivity index (χ4n) is 2.43. The minimum atomic E-state index is -0.384. The number of carbonyl (C=O) groups is 1. The predicted octanol–water partition coefficient (Wildman–Crippen LogP) is 2.65. The van der Waals surface area contributed by atoms with Crippen molar-refractivity contribution < 1.29 is 9.53 Å². The highest BCUT2D eigenvalue weighted by Gasteiger charge is 2.29. The highest BCUT2D eigenvalue weighted by atomic mass is 32.1. The van der Waals surface area contributed by atoms with Gasteiger partial charge in [-0.25, -0.2) is 4.79 Å². The third kappa shape index (κ3) is 2.01. The molecule has 0 amide bonds. The number of carbonyl (C=O) groups excluding carboxylic acids is 1. The zero-order valence-electron chi connectivity index (χ0n) is 9.66. The van der Waals surface area contributed by atoms with Crippen molar-refractivity contribution in [3.05, 3.63) is 16.0 Å². The summed E-state index contributed by atoms with van der Waals surface area (Å²) in [6.07, 6.45) is 4.33. The molecule has 1 fully saturated rings. The van der Waals surface area contributed by atoms with E-state index in [1.807, 2.05) is 0 Å². The van der Waals surface area contributed by atoms with Crippen molar-refractivity contribution in [2.45, 2.75) is 31.6 Å². The molecule has 1 saturated carbocycles. The van der Waals surface area contributed by atoms with E-state index in [0.717, 1.165) is 31.2 Å². The Morgan fingerprint density at radius 3 is 2.71 bits per heavy atom. The van der Waals surface area contributed by atoms with Crippen LogP contribution in [0.15, 0.2) is 0 Å². The largest absolute Gasteiger partial charge is 0.465 e. The molecule has 5 heteroatoms. The van der Waals surface area contributed by atoms with Gasteiger partial charge in [0.1, 0.15) is 15.9 Å². The zero-order chi connectivity index (χ0) is 12.4. The molecule has 0 saturated heterocycles. The smallest absolute Gasteiger partial charge is 0.348 e. The topological polar surface area (TPSA) is 76.1 Å². The molecule has 1 heterocycles. The van der Waals surface area contributed by atoms with Crippen molar-refractivity contribution in [3.63, 3.8) is 0 Å².